The maximum absolute atomic E-state index is 13.1. The third-order valence-electron chi connectivity index (χ3n) is 4.36. The van der Waals surface area contributed by atoms with Crippen LogP contribution in [0.4, 0.5) is 4.39 Å². The maximum Gasteiger partial charge on any atom is 0.222 e. The molecule has 1 amide bonds. The predicted octanol–water partition coefficient (Wildman–Crippen LogP) is 2.23. The van der Waals surface area contributed by atoms with Crippen LogP contribution in [-0.4, -0.2) is 50.1 Å². The van der Waals surface area contributed by atoms with Crippen LogP contribution in [0.2, 0.25) is 0 Å². The number of nitrogens with one attached hydrogen (secondary N) is 2. The molecule has 24 heavy (non-hydrogen) atoms. The molecular weight excluding hydrogens is 329 g/mol. The molecule has 4 nitrogen and oxygen atoms in total. The third kappa shape index (κ3) is 7.60. The van der Waals surface area contributed by atoms with Crippen molar-refractivity contribution in [2.24, 2.45) is 5.92 Å². The Labute approximate surface area is 150 Å². The molecule has 1 heterocycles. The van der Waals surface area contributed by atoms with E-state index in [1.54, 1.807) is 6.07 Å². The minimum atomic E-state index is -0.215. The topological polar surface area (TPSA) is 44.4 Å². The molecule has 0 bridgehead atoms. The van der Waals surface area contributed by atoms with Crippen molar-refractivity contribution in [3.8, 4) is 0 Å². The van der Waals surface area contributed by atoms with Crippen molar-refractivity contribution >= 4 is 18.3 Å². The lowest BCUT2D eigenvalue weighted by atomic mass is 10.0. The summed E-state index contributed by atoms with van der Waals surface area (Å²) < 4.78 is 13.1. The summed E-state index contributed by atoms with van der Waals surface area (Å²) in [5.41, 5.74) is 0.948. The SMILES string of the molecule is CC(CCc1cccc(F)c1)C(=O)NCCCN1CCNCC1.Cl. The van der Waals surface area contributed by atoms with E-state index < -0.39 is 0 Å². The number of halogens is 2. The van der Waals surface area contributed by atoms with Crippen LogP contribution in [0.15, 0.2) is 24.3 Å². The number of piperazine rings is 1. The van der Waals surface area contributed by atoms with Gasteiger partial charge in [0.15, 0.2) is 0 Å². The number of hydrogen-bond donors (Lipinski definition) is 2. The number of benzene rings is 1. The fraction of sp³-hybridized carbons (Fsp3) is 0.611. The normalized spacial score (nSPS) is 16.2. The minimum absolute atomic E-state index is 0. The van der Waals surface area contributed by atoms with Gasteiger partial charge >= 0.3 is 0 Å². The second-order valence-electron chi connectivity index (χ2n) is 6.31. The predicted molar refractivity (Wildman–Crippen MR) is 98.1 cm³/mol. The molecule has 2 N–H and O–H groups in total. The molecule has 2 rings (SSSR count). The van der Waals surface area contributed by atoms with E-state index >= 15 is 0 Å². The van der Waals surface area contributed by atoms with Gasteiger partial charge in [-0.15, -0.1) is 12.4 Å². The van der Waals surface area contributed by atoms with Crippen LogP contribution in [0.3, 0.4) is 0 Å². The van der Waals surface area contributed by atoms with E-state index in [0.717, 1.165) is 64.1 Å². The summed E-state index contributed by atoms with van der Waals surface area (Å²) in [6.07, 6.45) is 2.46. The van der Waals surface area contributed by atoms with E-state index in [-0.39, 0.29) is 30.0 Å². The van der Waals surface area contributed by atoms with Gasteiger partial charge in [0.05, 0.1) is 0 Å². The molecule has 1 aromatic rings. The van der Waals surface area contributed by atoms with E-state index in [9.17, 15) is 9.18 Å². The average Bonchev–Trinajstić information content (AvgIpc) is 2.57. The Morgan fingerprint density at radius 1 is 1.38 bits per heavy atom. The van der Waals surface area contributed by atoms with Crippen LogP contribution in [0.1, 0.15) is 25.3 Å². The van der Waals surface area contributed by atoms with Gasteiger partial charge in [0.2, 0.25) is 5.91 Å². The summed E-state index contributed by atoms with van der Waals surface area (Å²) in [5, 5.41) is 6.35. The zero-order chi connectivity index (χ0) is 16.5. The number of hydrogen-bond acceptors (Lipinski definition) is 3. The molecule has 1 unspecified atom stereocenters. The van der Waals surface area contributed by atoms with Crippen LogP contribution < -0.4 is 10.6 Å². The first-order valence-corrected chi connectivity index (χ1v) is 8.60. The van der Waals surface area contributed by atoms with E-state index in [1.165, 1.54) is 12.1 Å². The fourth-order valence-corrected chi connectivity index (χ4v) is 2.83. The summed E-state index contributed by atoms with van der Waals surface area (Å²) >= 11 is 0. The molecule has 1 aromatic carbocycles. The van der Waals surface area contributed by atoms with Crippen LogP contribution in [-0.2, 0) is 11.2 Å². The first-order valence-electron chi connectivity index (χ1n) is 8.60. The Morgan fingerprint density at radius 2 is 2.12 bits per heavy atom. The van der Waals surface area contributed by atoms with Gasteiger partial charge in [-0.25, -0.2) is 4.39 Å². The minimum Gasteiger partial charge on any atom is -0.356 e. The average molecular weight is 358 g/mol. The summed E-state index contributed by atoms with van der Waals surface area (Å²) in [6, 6.07) is 6.60. The van der Waals surface area contributed by atoms with Crippen LogP contribution in [0.25, 0.3) is 0 Å². The number of rotatable bonds is 8. The summed E-state index contributed by atoms with van der Waals surface area (Å²) in [5.74, 6) is -0.160. The zero-order valence-corrected chi connectivity index (χ0v) is 15.2. The highest BCUT2D eigenvalue weighted by Gasteiger charge is 2.13. The lowest BCUT2D eigenvalue weighted by Crippen LogP contribution is -2.44. The van der Waals surface area contributed by atoms with E-state index in [4.69, 9.17) is 0 Å². The largest absolute Gasteiger partial charge is 0.356 e. The van der Waals surface area contributed by atoms with Crippen molar-refractivity contribution in [2.75, 3.05) is 39.3 Å². The van der Waals surface area contributed by atoms with E-state index in [0.29, 0.717) is 0 Å². The van der Waals surface area contributed by atoms with Crippen molar-refractivity contribution in [3.05, 3.63) is 35.6 Å². The van der Waals surface area contributed by atoms with E-state index in [2.05, 4.69) is 15.5 Å². The highest BCUT2D eigenvalue weighted by atomic mass is 35.5. The van der Waals surface area contributed by atoms with Crippen LogP contribution in [0.5, 0.6) is 0 Å². The standard InChI is InChI=1S/C18H28FN3O.ClH/c1-15(6-7-16-4-2-5-17(19)14-16)18(23)21-8-3-11-22-12-9-20-10-13-22;/h2,4-5,14-15,20H,3,6-13H2,1H3,(H,21,23);1H. The number of carbonyl (C=O) groups excluding carboxylic acids is 1. The van der Waals surface area contributed by atoms with Crippen molar-refractivity contribution < 1.29 is 9.18 Å². The first-order chi connectivity index (χ1) is 11.1. The lowest BCUT2D eigenvalue weighted by Gasteiger charge is -2.27. The molecule has 0 saturated carbocycles. The molecule has 1 aliphatic heterocycles. The van der Waals surface area contributed by atoms with Gasteiger partial charge in [0.25, 0.3) is 0 Å². The Kier molecular flexibility index (Phi) is 9.91. The highest BCUT2D eigenvalue weighted by Crippen LogP contribution is 2.11. The second-order valence-corrected chi connectivity index (χ2v) is 6.31. The molecule has 1 fully saturated rings. The molecule has 0 aromatic heterocycles. The molecule has 1 saturated heterocycles. The maximum atomic E-state index is 13.1. The van der Waals surface area contributed by atoms with Crippen LogP contribution in [0, 0.1) is 11.7 Å². The number of carbonyl (C=O) groups is 1. The third-order valence-corrected chi connectivity index (χ3v) is 4.36. The highest BCUT2D eigenvalue weighted by molar-refractivity contribution is 5.85. The molecule has 0 radical (unpaired) electrons. The number of amides is 1. The fourth-order valence-electron chi connectivity index (χ4n) is 2.83. The molecule has 1 aliphatic rings. The first kappa shape index (κ1) is 20.9. The molecular formula is C18H29ClFN3O. The monoisotopic (exact) mass is 357 g/mol. The Morgan fingerprint density at radius 3 is 2.83 bits per heavy atom. The lowest BCUT2D eigenvalue weighted by molar-refractivity contribution is -0.124. The van der Waals surface area contributed by atoms with Gasteiger partial charge in [-0.3, -0.25) is 4.79 Å². The zero-order valence-electron chi connectivity index (χ0n) is 14.4. The second kappa shape index (κ2) is 11.4. The Bertz CT molecular complexity index is 495. The Balaban J connectivity index is 0.00000288. The molecule has 6 heteroatoms. The summed E-state index contributed by atoms with van der Waals surface area (Å²) in [7, 11) is 0. The van der Waals surface area contributed by atoms with Crippen molar-refractivity contribution in [1.82, 2.24) is 15.5 Å². The van der Waals surface area contributed by atoms with Gasteiger partial charge in [0.1, 0.15) is 5.82 Å². The smallest absolute Gasteiger partial charge is 0.222 e. The number of nitrogens with zero attached hydrogens (tertiary/aromatic N) is 1. The van der Waals surface area contributed by atoms with Crippen molar-refractivity contribution in [2.45, 2.75) is 26.2 Å². The molecule has 1 atom stereocenters. The van der Waals surface area contributed by atoms with Gasteiger partial charge in [0, 0.05) is 38.6 Å². The van der Waals surface area contributed by atoms with Crippen molar-refractivity contribution in [1.29, 1.82) is 0 Å². The summed E-state index contributed by atoms with van der Waals surface area (Å²) in [6.45, 7) is 8.01. The number of aryl methyl sites for hydroxylation is 1. The summed E-state index contributed by atoms with van der Waals surface area (Å²) in [4.78, 5) is 14.5. The van der Waals surface area contributed by atoms with Gasteiger partial charge in [-0.2, -0.15) is 0 Å². The molecule has 0 aliphatic carbocycles. The van der Waals surface area contributed by atoms with E-state index in [1.807, 2.05) is 13.0 Å². The Hall–Kier alpha value is -1.17. The molecule has 0 spiro atoms. The quantitative estimate of drug-likeness (QED) is 0.701. The van der Waals surface area contributed by atoms with Gasteiger partial charge in [-0.05, 0) is 43.5 Å². The van der Waals surface area contributed by atoms with Crippen LogP contribution >= 0.6 is 12.4 Å². The van der Waals surface area contributed by atoms with Gasteiger partial charge in [-0.1, -0.05) is 19.1 Å². The molecule has 136 valence electrons. The van der Waals surface area contributed by atoms with Gasteiger partial charge < -0.3 is 15.5 Å². The van der Waals surface area contributed by atoms with Crippen molar-refractivity contribution in [3.63, 3.8) is 0 Å².